The molecule has 0 aliphatic carbocycles. The van der Waals surface area contributed by atoms with E-state index in [-0.39, 0.29) is 0 Å². The molecule has 2 rings (SSSR count). The van der Waals surface area contributed by atoms with Crippen LogP contribution in [0.5, 0.6) is 0 Å². The van der Waals surface area contributed by atoms with Gasteiger partial charge in [0.2, 0.25) is 0 Å². The van der Waals surface area contributed by atoms with Gasteiger partial charge in [-0.25, -0.2) is 8.78 Å². The van der Waals surface area contributed by atoms with E-state index >= 15 is 0 Å². The first-order valence-electron chi connectivity index (χ1n) is 5.41. The minimum absolute atomic E-state index is 0.321. The quantitative estimate of drug-likeness (QED) is 0.787. The lowest BCUT2D eigenvalue weighted by atomic mass is 10.1. The van der Waals surface area contributed by atoms with E-state index in [1.807, 2.05) is 6.92 Å². The third kappa shape index (κ3) is 2.95. The summed E-state index contributed by atoms with van der Waals surface area (Å²) in [6.45, 7) is 1.86. The average Bonchev–Trinajstić information content (AvgIpc) is 2.74. The van der Waals surface area contributed by atoms with E-state index in [0.29, 0.717) is 23.6 Å². The van der Waals surface area contributed by atoms with Crippen molar-refractivity contribution in [1.82, 2.24) is 0 Å². The molecule has 18 heavy (non-hydrogen) atoms. The van der Waals surface area contributed by atoms with Crippen molar-refractivity contribution in [2.24, 2.45) is 5.16 Å². The number of benzene rings is 1. The highest BCUT2D eigenvalue weighted by Crippen LogP contribution is 2.31. The summed E-state index contributed by atoms with van der Waals surface area (Å²) in [4.78, 5) is 5.21. The maximum Gasteiger partial charge on any atom is 0.162 e. The van der Waals surface area contributed by atoms with Gasteiger partial charge in [-0.05, 0) is 13.0 Å². The van der Waals surface area contributed by atoms with Crippen molar-refractivity contribution in [3.05, 3.63) is 35.4 Å². The summed E-state index contributed by atoms with van der Waals surface area (Å²) < 4.78 is 26.4. The molecule has 1 aliphatic rings. The number of alkyl halides is 1. The van der Waals surface area contributed by atoms with E-state index in [4.69, 9.17) is 16.4 Å². The predicted octanol–water partition coefficient (Wildman–Crippen LogP) is 3.93. The zero-order valence-electron chi connectivity index (χ0n) is 9.75. The van der Waals surface area contributed by atoms with E-state index in [0.717, 1.165) is 11.1 Å². The molecule has 1 atom stereocenters. The standard InChI is InChI=1S/C12H12ClF2NOS/c1-12(7-13)5-10(16-17-12)18-6-8-3-2-4-9(14)11(8)15/h2-4H,5-7H2,1H3. The zero-order chi connectivity index (χ0) is 13.2. The van der Waals surface area contributed by atoms with E-state index in [1.54, 1.807) is 6.07 Å². The molecule has 1 aliphatic heterocycles. The Bertz CT molecular complexity index is 483. The summed E-state index contributed by atoms with van der Waals surface area (Å²) in [5.41, 5.74) is -0.160. The largest absolute Gasteiger partial charge is 0.387 e. The van der Waals surface area contributed by atoms with Crippen molar-refractivity contribution in [1.29, 1.82) is 0 Å². The molecule has 0 bridgehead atoms. The van der Waals surface area contributed by atoms with Crippen LogP contribution in [0.3, 0.4) is 0 Å². The number of hydrogen-bond acceptors (Lipinski definition) is 3. The Hall–Kier alpha value is -0.810. The minimum atomic E-state index is -0.830. The van der Waals surface area contributed by atoms with Crippen LogP contribution in [0.1, 0.15) is 18.9 Å². The normalized spacial score (nSPS) is 22.8. The topological polar surface area (TPSA) is 21.6 Å². The molecule has 0 aromatic heterocycles. The fourth-order valence-electron chi connectivity index (χ4n) is 1.52. The van der Waals surface area contributed by atoms with E-state index in [1.165, 1.54) is 17.8 Å². The van der Waals surface area contributed by atoms with E-state index in [9.17, 15) is 8.78 Å². The first-order valence-corrected chi connectivity index (χ1v) is 6.93. The summed E-state index contributed by atoms with van der Waals surface area (Å²) in [6, 6.07) is 4.15. The zero-order valence-corrected chi connectivity index (χ0v) is 11.3. The summed E-state index contributed by atoms with van der Waals surface area (Å²) >= 11 is 7.10. The molecule has 0 saturated carbocycles. The number of nitrogens with zero attached hydrogens (tertiary/aromatic N) is 1. The van der Waals surface area contributed by atoms with Crippen LogP contribution in [0.25, 0.3) is 0 Å². The Morgan fingerprint density at radius 1 is 1.50 bits per heavy atom. The van der Waals surface area contributed by atoms with Crippen LogP contribution >= 0.6 is 23.4 Å². The van der Waals surface area contributed by atoms with Gasteiger partial charge in [-0.2, -0.15) is 0 Å². The molecule has 1 aromatic carbocycles. The number of halogens is 3. The molecule has 1 aromatic rings. The van der Waals surface area contributed by atoms with Gasteiger partial charge in [0, 0.05) is 17.7 Å². The molecule has 1 heterocycles. The van der Waals surface area contributed by atoms with Gasteiger partial charge in [-0.1, -0.05) is 17.3 Å². The average molecular weight is 292 g/mol. The number of hydrogen-bond donors (Lipinski definition) is 0. The van der Waals surface area contributed by atoms with Crippen LogP contribution in [-0.4, -0.2) is 16.5 Å². The third-order valence-corrected chi connectivity index (χ3v) is 4.17. The monoisotopic (exact) mass is 291 g/mol. The van der Waals surface area contributed by atoms with Crippen molar-refractivity contribution < 1.29 is 13.6 Å². The Labute approximate surface area is 113 Å². The molecule has 0 saturated heterocycles. The number of rotatable bonds is 3. The lowest BCUT2D eigenvalue weighted by Gasteiger charge is -2.16. The van der Waals surface area contributed by atoms with Crippen LogP contribution in [0.4, 0.5) is 8.78 Å². The van der Waals surface area contributed by atoms with Crippen LogP contribution < -0.4 is 0 Å². The molecule has 2 nitrogen and oxygen atoms in total. The fraction of sp³-hybridized carbons (Fsp3) is 0.417. The van der Waals surface area contributed by atoms with Crippen molar-refractivity contribution in [3.8, 4) is 0 Å². The van der Waals surface area contributed by atoms with Gasteiger partial charge in [0.15, 0.2) is 17.2 Å². The summed E-state index contributed by atoms with van der Waals surface area (Å²) in [6.07, 6.45) is 0.595. The van der Waals surface area contributed by atoms with Crippen LogP contribution in [-0.2, 0) is 10.6 Å². The van der Waals surface area contributed by atoms with Gasteiger partial charge < -0.3 is 4.84 Å². The van der Waals surface area contributed by atoms with Crippen LogP contribution in [0.15, 0.2) is 23.4 Å². The second kappa shape index (κ2) is 5.45. The SMILES string of the molecule is CC1(CCl)CC(SCc2cccc(F)c2F)=NO1. The van der Waals surface area contributed by atoms with Crippen molar-refractivity contribution in [2.75, 3.05) is 5.88 Å². The molecule has 0 radical (unpaired) electrons. The first-order chi connectivity index (χ1) is 8.54. The molecule has 1 unspecified atom stereocenters. The van der Waals surface area contributed by atoms with Crippen LogP contribution in [0.2, 0.25) is 0 Å². The highest BCUT2D eigenvalue weighted by atomic mass is 35.5. The van der Waals surface area contributed by atoms with Crippen LogP contribution in [0, 0.1) is 11.6 Å². The summed E-state index contributed by atoms with van der Waals surface area (Å²) in [5, 5.41) is 4.66. The maximum atomic E-state index is 13.4. The van der Waals surface area contributed by atoms with E-state index < -0.39 is 17.2 Å². The van der Waals surface area contributed by atoms with Gasteiger partial charge in [0.1, 0.15) is 5.04 Å². The Kier molecular flexibility index (Phi) is 4.12. The lowest BCUT2D eigenvalue weighted by Crippen LogP contribution is -2.26. The second-order valence-corrected chi connectivity index (χ2v) is 5.65. The lowest BCUT2D eigenvalue weighted by molar-refractivity contribution is 0.0152. The van der Waals surface area contributed by atoms with Gasteiger partial charge >= 0.3 is 0 Å². The molecule has 6 heteroatoms. The molecule has 0 amide bonds. The smallest absolute Gasteiger partial charge is 0.162 e. The first kappa shape index (κ1) is 13.6. The van der Waals surface area contributed by atoms with Gasteiger partial charge in [-0.15, -0.1) is 23.4 Å². The molecule has 0 fully saturated rings. The highest BCUT2D eigenvalue weighted by molar-refractivity contribution is 8.13. The Morgan fingerprint density at radius 2 is 2.28 bits per heavy atom. The van der Waals surface area contributed by atoms with Gasteiger partial charge in [0.25, 0.3) is 0 Å². The molecular weight excluding hydrogens is 280 g/mol. The predicted molar refractivity (Wildman–Crippen MR) is 69.9 cm³/mol. The van der Waals surface area contributed by atoms with Crippen molar-refractivity contribution >= 4 is 28.4 Å². The van der Waals surface area contributed by atoms with Crippen molar-refractivity contribution in [3.63, 3.8) is 0 Å². The molecular formula is C12H12ClF2NOS. The van der Waals surface area contributed by atoms with Gasteiger partial charge in [-0.3, -0.25) is 0 Å². The summed E-state index contributed by atoms with van der Waals surface area (Å²) in [5.74, 6) is -0.966. The Morgan fingerprint density at radius 3 is 2.94 bits per heavy atom. The van der Waals surface area contributed by atoms with E-state index in [2.05, 4.69) is 5.16 Å². The minimum Gasteiger partial charge on any atom is -0.387 e. The fourth-order valence-corrected chi connectivity index (χ4v) is 2.70. The molecule has 0 spiro atoms. The highest BCUT2D eigenvalue weighted by Gasteiger charge is 2.33. The molecule has 98 valence electrons. The maximum absolute atomic E-state index is 13.4. The number of oxime groups is 1. The molecule has 0 N–H and O–H groups in total. The summed E-state index contributed by atoms with van der Waals surface area (Å²) in [7, 11) is 0. The third-order valence-electron chi connectivity index (χ3n) is 2.60. The second-order valence-electron chi connectivity index (χ2n) is 4.34. The Balaban J connectivity index is 1.95. The number of thioether (sulfide) groups is 1. The van der Waals surface area contributed by atoms with Crippen molar-refractivity contribution in [2.45, 2.75) is 24.7 Å². The van der Waals surface area contributed by atoms with Gasteiger partial charge in [0.05, 0.1) is 5.88 Å².